The van der Waals surface area contributed by atoms with E-state index in [1.54, 1.807) is 0 Å². The van der Waals surface area contributed by atoms with Gasteiger partial charge in [-0.05, 0) is 44.4 Å². The first-order valence-electron chi connectivity index (χ1n) is 6.37. The van der Waals surface area contributed by atoms with E-state index in [4.69, 9.17) is 4.74 Å². The average Bonchev–Trinajstić information content (AvgIpc) is 2.82. The molecular weight excluding hydrogens is 258 g/mol. The second-order valence-electron chi connectivity index (χ2n) is 4.47. The fraction of sp³-hybridized carbons (Fsp3) is 0.429. The van der Waals surface area contributed by atoms with Crippen molar-refractivity contribution in [1.82, 2.24) is 10.2 Å². The van der Waals surface area contributed by atoms with Crippen LogP contribution < -0.4 is 10.1 Å². The first kappa shape index (κ1) is 13.8. The van der Waals surface area contributed by atoms with E-state index in [1.807, 2.05) is 6.92 Å². The smallest absolute Gasteiger partial charge is 0.205 e. The molecule has 0 fully saturated rings. The van der Waals surface area contributed by atoms with Crippen LogP contribution in [0.5, 0.6) is 5.75 Å². The van der Waals surface area contributed by atoms with Gasteiger partial charge in [-0.1, -0.05) is 23.5 Å². The molecule has 0 aliphatic rings. The zero-order valence-corrected chi connectivity index (χ0v) is 12.6. The van der Waals surface area contributed by atoms with Crippen molar-refractivity contribution in [3.63, 3.8) is 0 Å². The maximum absolute atomic E-state index is 5.91. The van der Waals surface area contributed by atoms with Crippen molar-refractivity contribution in [1.29, 1.82) is 0 Å². The largest absolute Gasteiger partial charge is 0.486 e. The fourth-order valence-corrected chi connectivity index (χ4v) is 2.54. The lowest BCUT2D eigenvalue weighted by atomic mass is 10.1. The molecule has 0 aliphatic heterocycles. The Hall–Kier alpha value is -1.62. The molecule has 0 unspecified atom stereocenters. The third kappa shape index (κ3) is 3.23. The number of nitrogens with zero attached hydrogens (tertiary/aromatic N) is 2. The van der Waals surface area contributed by atoms with E-state index in [2.05, 4.69) is 48.4 Å². The Morgan fingerprint density at radius 1 is 1.16 bits per heavy atom. The van der Waals surface area contributed by atoms with Crippen LogP contribution in [-0.4, -0.2) is 16.7 Å². The molecule has 0 spiro atoms. The molecule has 102 valence electrons. The lowest BCUT2D eigenvalue weighted by Gasteiger charge is -2.12. The van der Waals surface area contributed by atoms with Crippen molar-refractivity contribution in [2.75, 3.05) is 11.9 Å². The Morgan fingerprint density at radius 3 is 2.63 bits per heavy atom. The number of ether oxygens (including phenoxy) is 1. The zero-order chi connectivity index (χ0) is 13.8. The molecule has 1 heterocycles. The summed E-state index contributed by atoms with van der Waals surface area (Å²) in [7, 11) is 0. The van der Waals surface area contributed by atoms with Crippen molar-refractivity contribution >= 4 is 16.5 Å². The van der Waals surface area contributed by atoms with Gasteiger partial charge < -0.3 is 10.1 Å². The molecular formula is C14H19N3OS. The van der Waals surface area contributed by atoms with Gasteiger partial charge in [0.2, 0.25) is 5.13 Å². The summed E-state index contributed by atoms with van der Waals surface area (Å²) in [6.45, 7) is 9.60. The summed E-state index contributed by atoms with van der Waals surface area (Å²) in [4.78, 5) is 0. The van der Waals surface area contributed by atoms with Gasteiger partial charge in [0, 0.05) is 6.54 Å². The number of aryl methyl sites for hydroxylation is 2. The van der Waals surface area contributed by atoms with Crippen LogP contribution in [-0.2, 0) is 6.61 Å². The van der Waals surface area contributed by atoms with Gasteiger partial charge in [-0.25, -0.2) is 0 Å². The summed E-state index contributed by atoms with van der Waals surface area (Å²) in [5, 5.41) is 13.0. The van der Waals surface area contributed by atoms with Crippen LogP contribution in [0.2, 0.25) is 0 Å². The van der Waals surface area contributed by atoms with Gasteiger partial charge in [0.05, 0.1) is 0 Å². The van der Waals surface area contributed by atoms with E-state index in [0.29, 0.717) is 6.61 Å². The lowest BCUT2D eigenvalue weighted by molar-refractivity contribution is 0.300. The summed E-state index contributed by atoms with van der Waals surface area (Å²) in [6.07, 6.45) is 0. The van der Waals surface area contributed by atoms with E-state index >= 15 is 0 Å². The highest BCUT2D eigenvalue weighted by molar-refractivity contribution is 7.15. The van der Waals surface area contributed by atoms with Crippen LogP contribution in [0.1, 0.15) is 28.6 Å². The molecule has 0 amide bonds. The third-order valence-electron chi connectivity index (χ3n) is 3.01. The second-order valence-corrected chi connectivity index (χ2v) is 5.54. The molecule has 1 aromatic heterocycles. The maximum Gasteiger partial charge on any atom is 0.205 e. The van der Waals surface area contributed by atoms with Gasteiger partial charge in [0.1, 0.15) is 12.4 Å². The topological polar surface area (TPSA) is 47.0 Å². The van der Waals surface area contributed by atoms with Crippen LogP contribution in [0.4, 0.5) is 5.13 Å². The molecule has 1 aromatic carbocycles. The molecule has 0 atom stereocenters. The Kier molecular flexibility index (Phi) is 4.37. The summed E-state index contributed by atoms with van der Waals surface area (Å²) in [5.41, 5.74) is 3.59. The number of benzene rings is 1. The Bertz CT molecular complexity index is 566. The van der Waals surface area contributed by atoms with Gasteiger partial charge in [-0.2, -0.15) is 0 Å². The minimum Gasteiger partial charge on any atom is -0.486 e. The summed E-state index contributed by atoms with van der Waals surface area (Å²) in [6, 6.07) is 4.20. The predicted molar refractivity (Wildman–Crippen MR) is 79.1 cm³/mol. The second kappa shape index (κ2) is 6.02. The van der Waals surface area contributed by atoms with Crippen LogP contribution >= 0.6 is 11.3 Å². The first-order chi connectivity index (χ1) is 9.11. The van der Waals surface area contributed by atoms with Crippen molar-refractivity contribution in [3.8, 4) is 5.75 Å². The molecule has 4 nitrogen and oxygen atoms in total. The Balaban J connectivity index is 2.07. The van der Waals surface area contributed by atoms with E-state index in [1.165, 1.54) is 22.5 Å². The maximum atomic E-state index is 5.91. The van der Waals surface area contributed by atoms with Crippen molar-refractivity contribution in [2.45, 2.75) is 34.3 Å². The number of hydrogen-bond acceptors (Lipinski definition) is 5. The van der Waals surface area contributed by atoms with Gasteiger partial charge in [-0.3, -0.25) is 0 Å². The molecule has 0 radical (unpaired) electrons. The van der Waals surface area contributed by atoms with E-state index in [-0.39, 0.29) is 0 Å². The Labute approximate surface area is 117 Å². The molecule has 2 rings (SSSR count). The average molecular weight is 277 g/mol. The van der Waals surface area contributed by atoms with Gasteiger partial charge in [0.15, 0.2) is 5.01 Å². The minimum atomic E-state index is 0.466. The molecule has 1 N–H and O–H groups in total. The molecule has 0 saturated heterocycles. The highest BCUT2D eigenvalue weighted by Crippen LogP contribution is 2.27. The number of rotatable bonds is 5. The van der Waals surface area contributed by atoms with Gasteiger partial charge in [0.25, 0.3) is 0 Å². The molecule has 2 aromatic rings. The summed E-state index contributed by atoms with van der Waals surface area (Å²) in [5.74, 6) is 0.959. The molecule has 0 aliphatic carbocycles. The Morgan fingerprint density at radius 2 is 1.89 bits per heavy atom. The number of nitrogens with one attached hydrogen (secondary N) is 1. The van der Waals surface area contributed by atoms with E-state index in [0.717, 1.165) is 28.0 Å². The van der Waals surface area contributed by atoms with Crippen molar-refractivity contribution in [2.24, 2.45) is 0 Å². The highest BCUT2D eigenvalue weighted by Gasteiger charge is 2.09. The SMILES string of the molecule is CCNc1nnc(COc2c(C)ccc(C)c2C)s1. The van der Waals surface area contributed by atoms with Crippen molar-refractivity contribution < 1.29 is 4.74 Å². The predicted octanol–water partition coefficient (Wildman–Crippen LogP) is 3.47. The third-order valence-corrected chi connectivity index (χ3v) is 3.86. The number of aromatic nitrogens is 2. The zero-order valence-electron chi connectivity index (χ0n) is 11.8. The monoisotopic (exact) mass is 277 g/mol. The van der Waals surface area contributed by atoms with E-state index in [9.17, 15) is 0 Å². The summed E-state index contributed by atoms with van der Waals surface area (Å²) < 4.78 is 5.91. The van der Waals surface area contributed by atoms with E-state index < -0.39 is 0 Å². The molecule has 0 bridgehead atoms. The van der Waals surface area contributed by atoms with Crippen LogP contribution in [0, 0.1) is 20.8 Å². The lowest BCUT2D eigenvalue weighted by Crippen LogP contribution is -1.99. The quantitative estimate of drug-likeness (QED) is 0.909. The van der Waals surface area contributed by atoms with Crippen molar-refractivity contribution in [3.05, 3.63) is 33.8 Å². The fourth-order valence-electron chi connectivity index (χ4n) is 1.82. The molecule has 0 saturated carbocycles. The van der Waals surface area contributed by atoms with Gasteiger partial charge in [-0.15, -0.1) is 10.2 Å². The standard InChI is InChI=1S/C14H19N3OS/c1-5-15-14-17-16-12(19-14)8-18-13-10(3)7-6-9(2)11(13)4/h6-7H,5,8H2,1-4H3,(H,15,17). The summed E-state index contributed by atoms with van der Waals surface area (Å²) >= 11 is 1.53. The van der Waals surface area contributed by atoms with Gasteiger partial charge >= 0.3 is 0 Å². The molecule has 5 heteroatoms. The highest BCUT2D eigenvalue weighted by atomic mass is 32.1. The number of hydrogen-bond donors (Lipinski definition) is 1. The normalized spacial score (nSPS) is 10.5. The van der Waals surface area contributed by atoms with Crippen LogP contribution in [0.3, 0.4) is 0 Å². The molecule has 19 heavy (non-hydrogen) atoms. The van der Waals surface area contributed by atoms with Crippen LogP contribution in [0.25, 0.3) is 0 Å². The van der Waals surface area contributed by atoms with Crippen LogP contribution in [0.15, 0.2) is 12.1 Å². The first-order valence-corrected chi connectivity index (χ1v) is 7.19. The minimum absolute atomic E-state index is 0.466. The number of anilines is 1.